The summed E-state index contributed by atoms with van der Waals surface area (Å²) in [5.74, 6) is 0.710. The van der Waals surface area contributed by atoms with Gasteiger partial charge in [-0.3, -0.25) is 9.59 Å². The van der Waals surface area contributed by atoms with Gasteiger partial charge in [0.05, 0.1) is 0 Å². The molecule has 0 N–H and O–H groups in total. The van der Waals surface area contributed by atoms with Gasteiger partial charge in [-0.15, -0.1) is 0 Å². The molecular formula is C20H27NO2. The van der Waals surface area contributed by atoms with Gasteiger partial charge in [0.15, 0.2) is 5.78 Å². The molecule has 1 aliphatic carbocycles. The molecule has 0 amide bonds. The van der Waals surface area contributed by atoms with E-state index in [0.29, 0.717) is 17.6 Å². The van der Waals surface area contributed by atoms with Crippen LogP contribution in [0.15, 0.2) is 24.3 Å². The van der Waals surface area contributed by atoms with E-state index in [9.17, 15) is 9.59 Å². The van der Waals surface area contributed by atoms with Crippen molar-refractivity contribution < 1.29 is 9.59 Å². The maximum Gasteiger partial charge on any atom is 0.162 e. The van der Waals surface area contributed by atoms with E-state index in [0.717, 1.165) is 63.7 Å². The molecule has 0 radical (unpaired) electrons. The van der Waals surface area contributed by atoms with Crippen LogP contribution < -0.4 is 0 Å². The fourth-order valence-electron chi connectivity index (χ4n) is 4.02. The Morgan fingerprint density at radius 3 is 2.43 bits per heavy atom. The average molecular weight is 313 g/mol. The van der Waals surface area contributed by atoms with E-state index < -0.39 is 0 Å². The Morgan fingerprint density at radius 2 is 1.83 bits per heavy atom. The lowest BCUT2D eigenvalue weighted by atomic mass is 9.77. The molecule has 0 aromatic heterocycles. The van der Waals surface area contributed by atoms with Crippen LogP contribution in [0.25, 0.3) is 0 Å². The van der Waals surface area contributed by atoms with Crippen molar-refractivity contribution in [3.63, 3.8) is 0 Å². The summed E-state index contributed by atoms with van der Waals surface area (Å²) in [6.45, 7) is 5.22. The average Bonchev–Trinajstić information content (AvgIpc) is 2.91. The van der Waals surface area contributed by atoms with Gasteiger partial charge < -0.3 is 4.90 Å². The molecule has 1 heterocycles. The van der Waals surface area contributed by atoms with Gasteiger partial charge in [0.25, 0.3) is 0 Å². The SMILES string of the molecule is Cc1ccc(C(=O)CCCN2CCC3(CCC(=O)C3)CC2)cc1. The standard InChI is InChI=1S/C20H27NO2/c1-16-4-6-17(7-5-16)19(23)3-2-12-21-13-10-20(11-14-21)9-8-18(22)15-20/h4-7H,2-3,8-15H2,1H3. The quantitative estimate of drug-likeness (QED) is 0.776. The van der Waals surface area contributed by atoms with Gasteiger partial charge >= 0.3 is 0 Å². The Bertz CT molecular complexity index is 568. The van der Waals surface area contributed by atoms with Crippen LogP contribution in [-0.4, -0.2) is 36.1 Å². The van der Waals surface area contributed by atoms with E-state index >= 15 is 0 Å². The fourth-order valence-corrected chi connectivity index (χ4v) is 4.02. The summed E-state index contributed by atoms with van der Waals surface area (Å²) >= 11 is 0. The Labute approximate surface area is 139 Å². The minimum absolute atomic E-state index is 0.250. The van der Waals surface area contributed by atoms with E-state index in [2.05, 4.69) is 4.90 Å². The monoisotopic (exact) mass is 313 g/mol. The first kappa shape index (κ1) is 16.4. The first-order valence-electron chi connectivity index (χ1n) is 8.90. The molecule has 1 aromatic carbocycles. The molecule has 0 atom stereocenters. The number of ketones is 2. The largest absolute Gasteiger partial charge is 0.303 e. The minimum atomic E-state index is 0.250. The van der Waals surface area contributed by atoms with Crippen molar-refractivity contribution in [3.05, 3.63) is 35.4 Å². The highest BCUT2D eigenvalue weighted by molar-refractivity contribution is 5.96. The summed E-state index contributed by atoms with van der Waals surface area (Å²) in [5.41, 5.74) is 2.34. The third-order valence-electron chi connectivity index (χ3n) is 5.67. The normalized spacial score (nSPS) is 21.0. The number of piperidine rings is 1. The van der Waals surface area contributed by atoms with Crippen LogP contribution in [0.5, 0.6) is 0 Å². The molecule has 0 bridgehead atoms. The highest BCUT2D eigenvalue weighted by atomic mass is 16.1. The molecule has 1 saturated heterocycles. The molecule has 1 saturated carbocycles. The minimum Gasteiger partial charge on any atom is -0.303 e. The molecular weight excluding hydrogens is 286 g/mol. The molecule has 2 fully saturated rings. The van der Waals surface area contributed by atoms with Crippen molar-refractivity contribution in [1.82, 2.24) is 4.90 Å². The van der Waals surface area contributed by atoms with Crippen molar-refractivity contribution in [2.75, 3.05) is 19.6 Å². The van der Waals surface area contributed by atoms with Crippen LogP contribution in [0, 0.1) is 12.3 Å². The number of Topliss-reactive ketones (excluding diaryl/α,β-unsaturated/α-hetero) is 2. The molecule has 23 heavy (non-hydrogen) atoms. The molecule has 3 rings (SSSR count). The summed E-state index contributed by atoms with van der Waals surface area (Å²) in [6.07, 6.45) is 6.58. The molecule has 2 aliphatic rings. The molecule has 3 heteroatoms. The number of benzene rings is 1. The number of carbonyl (C=O) groups is 2. The number of carbonyl (C=O) groups excluding carboxylic acids is 2. The summed E-state index contributed by atoms with van der Waals surface area (Å²) in [7, 11) is 0. The number of hydrogen-bond acceptors (Lipinski definition) is 3. The van der Waals surface area contributed by atoms with Crippen molar-refractivity contribution in [1.29, 1.82) is 0 Å². The van der Waals surface area contributed by atoms with Crippen molar-refractivity contribution in [2.45, 2.75) is 51.9 Å². The van der Waals surface area contributed by atoms with E-state index in [1.165, 1.54) is 5.56 Å². The number of likely N-dealkylation sites (tertiary alicyclic amines) is 1. The maximum absolute atomic E-state index is 12.2. The number of hydrogen-bond donors (Lipinski definition) is 0. The van der Waals surface area contributed by atoms with Gasteiger partial charge in [-0.1, -0.05) is 29.8 Å². The van der Waals surface area contributed by atoms with Crippen LogP contribution in [0.4, 0.5) is 0 Å². The zero-order chi connectivity index (χ0) is 16.3. The van der Waals surface area contributed by atoms with Crippen LogP contribution >= 0.6 is 0 Å². The van der Waals surface area contributed by atoms with Gasteiger partial charge in [0.1, 0.15) is 5.78 Å². The summed E-state index contributed by atoms with van der Waals surface area (Å²) in [6, 6.07) is 7.86. The fraction of sp³-hybridized carbons (Fsp3) is 0.600. The molecule has 3 nitrogen and oxygen atoms in total. The topological polar surface area (TPSA) is 37.4 Å². The van der Waals surface area contributed by atoms with Crippen molar-refractivity contribution in [3.8, 4) is 0 Å². The first-order chi connectivity index (χ1) is 11.1. The lowest BCUT2D eigenvalue weighted by Gasteiger charge is -2.38. The first-order valence-corrected chi connectivity index (χ1v) is 8.90. The van der Waals surface area contributed by atoms with Crippen LogP contribution in [-0.2, 0) is 4.79 Å². The predicted molar refractivity (Wildman–Crippen MR) is 91.7 cm³/mol. The van der Waals surface area contributed by atoms with Gasteiger partial charge in [0, 0.05) is 24.8 Å². The Hall–Kier alpha value is -1.48. The molecule has 1 aliphatic heterocycles. The highest BCUT2D eigenvalue weighted by Crippen LogP contribution is 2.44. The molecule has 1 spiro atoms. The smallest absolute Gasteiger partial charge is 0.162 e. The second kappa shape index (κ2) is 6.96. The van der Waals surface area contributed by atoms with Gasteiger partial charge in [-0.25, -0.2) is 0 Å². The van der Waals surface area contributed by atoms with E-state index in [1.807, 2.05) is 31.2 Å². The second-order valence-electron chi connectivity index (χ2n) is 7.45. The maximum atomic E-state index is 12.2. The van der Waals surface area contributed by atoms with Gasteiger partial charge in [-0.2, -0.15) is 0 Å². The number of rotatable bonds is 5. The summed E-state index contributed by atoms with van der Waals surface area (Å²) in [4.78, 5) is 26.2. The highest BCUT2D eigenvalue weighted by Gasteiger charge is 2.40. The second-order valence-corrected chi connectivity index (χ2v) is 7.45. The molecule has 0 unspecified atom stereocenters. The Kier molecular flexibility index (Phi) is 4.96. The zero-order valence-electron chi connectivity index (χ0n) is 14.1. The Morgan fingerprint density at radius 1 is 1.13 bits per heavy atom. The molecule has 124 valence electrons. The van der Waals surface area contributed by atoms with Crippen molar-refractivity contribution >= 4 is 11.6 Å². The zero-order valence-corrected chi connectivity index (χ0v) is 14.1. The predicted octanol–water partition coefficient (Wildman–Crippen LogP) is 3.79. The van der Waals surface area contributed by atoms with E-state index in [4.69, 9.17) is 0 Å². The lowest BCUT2D eigenvalue weighted by molar-refractivity contribution is -0.118. The Balaban J connectivity index is 1.39. The van der Waals surface area contributed by atoms with Crippen LogP contribution in [0.1, 0.15) is 60.9 Å². The van der Waals surface area contributed by atoms with Gasteiger partial charge in [0.2, 0.25) is 0 Å². The van der Waals surface area contributed by atoms with Gasteiger partial charge in [-0.05, 0) is 57.7 Å². The summed E-state index contributed by atoms with van der Waals surface area (Å²) in [5, 5.41) is 0. The number of aryl methyl sites for hydroxylation is 1. The molecule has 1 aromatic rings. The van der Waals surface area contributed by atoms with E-state index in [1.54, 1.807) is 0 Å². The number of nitrogens with zero attached hydrogens (tertiary/aromatic N) is 1. The lowest BCUT2D eigenvalue weighted by Crippen LogP contribution is -2.39. The van der Waals surface area contributed by atoms with Crippen LogP contribution in [0.2, 0.25) is 0 Å². The van der Waals surface area contributed by atoms with Crippen molar-refractivity contribution in [2.24, 2.45) is 5.41 Å². The third-order valence-corrected chi connectivity index (χ3v) is 5.67. The van der Waals surface area contributed by atoms with Crippen LogP contribution in [0.3, 0.4) is 0 Å². The summed E-state index contributed by atoms with van der Waals surface area (Å²) < 4.78 is 0. The third kappa shape index (κ3) is 4.08. The van der Waals surface area contributed by atoms with E-state index in [-0.39, 0.29) is 5.78 Å².